The van der Waals surface area contributed by atoms with Gasteiger partial charge in [-0.1, -0.05) is 7.43 Å². The lowest BCUT2D eigenvalue weighted by Gasteiger charge is -1.57. The van der Waals surface area contributed by atoms with Crippen molar-refractivity contribution in [3.05, 3.63) is 0 Å². The molecule has 0 aliphatic rings. The van der Waals surface area contributed by atoms with Crippen LogP contribution in [0.5, 0.6) is 0 Å². The van der Waals surface area contributed by atoms with E-state index in [0.29, 0.717) is 0 Å². The van der Waals surface area contributed by atoms with Gasteiger partial charge in [-0.25, -0.2) is 0 Å². The lowest BCUT2D eigenvalue weighted by Crippen LogP contribution is -1.85. The molecule has 3 heteroatoms. The Labute approximate surface area is 62.8 Å². The Hall–Kier alpha value is -0.990. The summed E-state index contributed by atoms with van der Waals surface area (Å²) in [5, 5.41) is 0. The van der Waals surface area contributed by atoms with Gasteiger partial charge in [-0.15, -0.1) is 0 Å². The number of carbonyl (C=O) groups excluding carboxylic acids is 3. The van der Waals surface area contributed by atoms with E-state index in [1.165, 1.54) is 13.8 Å². The second kappa shape index (κ2) is 10.9. The van der Waals surface area contributed by atoms with Crippen LogP contribution in [0.1, 0.15) is 29.6 Å². The van der Waals surface area contributed by atoms with Crippen molar-refractivity contribution in [2.45, 2.75) is 28.2 Å². The number of aldehydes is 1. The molecular formula is C7H14O3. The van der Waals surface area contributed by atoms with E-state index in [1.54, 1.807) is 0 Å². The lowest BCUT2D eigenvalue weighted by atomic mass is 10.5. The number of carbonyl (C=O) groups is 3. The van der Waals surface area contributed by atoms with Crippen LogP contribution in [0, 0.1) is 0 Å². The van der Waals surface area contributed by atoms with Gasteiger partial charge in [0, 0.05) is 6.92 Å². The first kappa shape index (κ1) is 11.8. The van der Waals surface area contributed by atoms with Crippen LogP contribution in [0.4, 0.5) is 0 Å². The van der Waals surface area contributed by atoms with Crippen molar-refractivity contribution in [3.8, 4) is 0 Å². The molecule has 10 heavy (non-hydrogen) atoms. The van der Waals surface area contributed by atoms with Gasteiger partial charge in [0.2, 0.25) is 0 Å². The molecule has 0 bridgehead atoms. The zero-order chi connectivity index (χ0) is 8.73. The van der Waals surface area contributed by atoms with Gasteiger partial charge in [0.05, 0.1) is 0 Å². The highest BCUT2D eigenvalue weighted by molar-refractivity contribution is 6.23. The van der Waals surface area contributed by atoms with Crippen LogP contribution in [0.2, 0.25) is 0 Å². The van der Waals surface area contributed by atoms with Crippen molar-refractivity contribution in [1.82, 2.24) is 0 Å². The molecule has 0 heterocycles. The Bertz CT molecular complexity index is 136. The SMILES string of the molecule is C.CC(C)=O.[3H]C(=O)C(C)=O. The highest BCUT2D eigenvalue weighted by atomic mass is 16.2. The summed E-state index contributed by atoms with van der Waals surface area (Å²) >= 11 is 0. The topological polar surface area (TPSA) is 51.2 Å². The molecule has 0 aliphatic heterocycles. The third kappa shape index (κ3) is 248. The van der Waals surface area contributed by atoms with Crippen LogP contribution < -0.4 is 0 Å². The zero-order valence-electron chi connectivity index (χ0n) is 6.72. The lowest BCUT2D eigenvalue weighted by molar-refractivity contribution is -0.128. The number of hydrogen-bond donors (Lipinski definition) is 0. The van der Waals surface area contributed by atoms with Crippen LogP contribution in [0.15, 0.2) is 0 Å². The molecular weight excluding hydrogens is 132 g/mol. The minimum absolute atomic E-state index is 0. The number of ketones is 2. The van der Waals surface area contributed by atoms with Crippen LogP contribution in [0.25, 0.3) is 0 Å². The van der Waals surface area contributed by atoms with Crippen LogP contribution in [0.3, 0.4) is 0 Å². The fourth-order valence-corrected chi connectivity index (χ4v) is 0. The molecule has 0 fully saturated rings. The Morgan fingerprint density at radius 2 is 1.40 bits per heavy atom. The summed E-state index contributed by atoms with van der Waals surface area (Å²) in [5.41, 5.74) is 0. The van der Waals surface area contributed by atoms with E-state index in [4.69, 9.17) is 1.37 Å². The highest BCUT2D eigenvalue weighted by Gasteiger charge is 1.76. The molecule has 0 N–H and O–H groups in total. The molecule has 0 amide bonds. The molecule has 60 valence electrons. The largest absolute Gasteiger partial charge is 0.300 e. The number of hydrogen-bond acceptors (Lipinski definition) is 3. The molecule has 3 nitrogen and oxygen atoms in total. The Kier molecular flexibility index (Phi) is 12.8. The third-order valence-electron chi connectivity index (χ3n) is 0.144. The Balaban J connectivity index is -0.000000114. The van der Waals surface area contributed by atoms with E-state index < -0.39 is 12.0 Å². The van der Waals surface area contributed by atoms with Gasteiger partial charge < -0.3 is 4.79 Å². The molecule has 0 unspecified atom stereocenters. The van der Waals surface area contributed by atoms with E-state index in [9.17, 15) is 14.4 Å². The summed E-state index contributed by atoms with van der Waals surface area (Å²) in [6.07, 6.45) is -1.13. The van der Waals surface area contributed by atoms with E-state index in [2.05, 4.69) is 0 Å². The first-order chi connectivity index (χ1) is 4.37. The van der Waals surface area contributed by atoms with Crippen molar-refractivity contribution < 1.29 is 15.8 Å². The normalized spacial score (nSPS) is 7.30. The predicted molar refractivity (Wildman–Crippen MR) is 39.8 cm³/mol. The minimum atomic E-state index is -1.13. The van der Waals surface area contributed by atoms with E-state index >= 15 is 0 Å². The fourth-order valence-electron chi connectivity index (χ4n) is 0. The van der Waals surface area contributed by atoms with Crippen molar-refractivity contribution in [2.24, 2.45) is 0 Å². The van der Waals surface area contributed by atoms with E-state index in [0.717, 1.165) is 6.92 Å². The molecule has 0 aromatic rings. The van der Waals surface area contributed by atoms with Gasteiger partial charge in [0.15, 0.2) is 12.0 Å². The van der Waals surface area contributed by atoms with Crippen molar-refractivity contribution >= 4 is 17.8 Å². The molecule has 0 spiro atoms. The van der Waals surface area contributed by atoms with Gasteiger partial charge in [-0.05, 0) is 13.8 Å². The highest BCUT2D eigenvalue weighted by Crippen LogP contribution is 1.50. The zero-order valence-corrected chi connectivity index (χ0v) is 5.72. The summed E-state index contributed by atoms with van der Waals surface area (Å²) in [6, 6.07) is 0. The summed E-state index contributed by atoms with van der Waals surface area (Å²) in [6.45, 7) is 4.12. The maximum Gasteiger partial charge on any atom is 0.192 e. The summed E-state index contributed by atoms with van der Waals surface area (Å²) in [4.78, 5) is 28.5. The first-order valence-electron chi connectivity index (χ1n) is 2.86. The average molecular weight is 148 g/mol. The molecule has 0 atom stereocenters. The second-order valence-electron chi connectivity index (χ2n) is 1.57. The average Bonchev–Trinajstić information content (AvgIpc) is 1.63. The monoisotopic (exact) mass is 148 g/mol. The molecule has 0 saturated heterocycles. The third-order valence-corrected chi connectivity index (χ3v) is 0.144. The second-order valence-corrected chi connectivity index (χ2v) is 1.57. The number of rotatable bonds is 1. The molecule has 0 aromatic carbocycles. The van der Waals surface area contributed by atoms with Crippen molar-refractivity contribution in [2.75, 3.05) is 0 Å². The van der Waals surface area contributed by atoms with Gasteiger partial charge in [-0.3, -0.25) is 9.59 Å². The van der Waals surface area contributed by atoms with Gasteiger partial charge >= 0.3 is 0 Å². The summed E-state index contributed by atoms with van der Waals surface area (Å²) in [5.74, 6) is -0.546. The Morgan fingerprint density at radius 1 is 1.30 bits per heavy atom. The fraction of sp³-hybridized carbons (Fsp3) is 0.571. The van der Waals surface area contributed by atoms with Crippen molar-refractivity contribution in [3.63, 3.8) is 0 Å². The Morgan fingerprint density at radius 3 is 1.40 bits per heavy atom. The number of Topliss-reactive ketones (excluding diaryl/α,β-unsaturated/α-hetero) is 2. The van der Waals surface area contributed by atoms with Gasteiger partial charge in [-0.2, -0.15) is 0 Å². The predicted octanol–water partition coefficient (Wildman–Crippen LogP) is 1.01. The maximum atomic E-state index is 9.61. The maximum absolute atomic E-state index is 9.61. The quantitative estimate of drug-likeness (QED) is 0.412. The minimum Gasteiger partial charge on any atom is -0.300 e. The van der Waals surface area contributed by atoms with Gasteiger partial charge in [0.1, 0.15) is 7.15 Å². The van der Waals surface area contributed by atoms with Crippen molar-refractivity contribution in [1.29, 1.82) is 0 Å². The van der Waals surface area contributed by atoms with E-state index in [1.807, 2.05) is 0 Å². The standard InChI is InChI=1S/C3H4O2.C3H6O.CH4/c1-3(5)2-4;1-3(2)4;/h2H,1H3;1-2H3;1H4/i2T;;. The smallest absolute Gasteiger partial charge is 0.192 e. The molecule has 0 aromatic heterocycles. The van der Waals surface area contributed by atoms with Crippen LogP contribution in [-0.2, 0) is 14.4 Å². The molecule has 0 rings (SSSR count). The molecule has 0 aliphatic carbocycles. The van der Waals surface area contributed by atoms with E-state index in [-0.39, 0.29) is 13.2 Å². The first-order valence-corrected chi connectivity index (χ1v) is 2.36. The molecule has 0 saturated carbocycles. The molecule has 0 radical (unpaired) electrons. The van der Waals surface area contributed by atoms with Crippen LogP contribution >= 0.6 is 0 Å². The van der Waals surface area contributed by atoms with Gasteiger partial charge in [0.25, 0.3) is 0 Å². The summed E-state index contributed by atoms with van der Waals surface area (Å²) < 4.78 is 6.04. The summed E-state index contributed by atoms with van der Waals surface area (Å²) in [7, 11) is 0. The van der Waals surface area contributed by atoms with Crippen LogP contribution in [-0.4, -0.2) is 17.8 Å².